The third-order valence-corrected chi connectivity index (χ3v) is 2.81. The van der Waals surface area contributed by atoms with Crippen molar-refractivity contribution in [1.29, 1.82) is 0 Å². The van der Waals surface area contributed by atoms with Gasteiger partial charge < -0.3 is 0 Å². The van der Waals surface area contributed by atoms with Gasteiger partial charge in [0.1, 0.15) is 0 Å². The Labute approximate surface area is 67.7 Å². The quantitative estimate of drug-likeness (QED) is 0.625. The van der Waals surface area contributed by atoms with Gasteiger partial charge in [-0.15, -0.1) is 0 Å². The van der Waals surface area contributed by atoms with Crippen LogP contribution in [0.4, 0.5) is 0 Å². The monoisotopic (exact) mass is 168 g/mol. The first kappa shape index (κ1) is 8.38. The summed E-state index contributed by atoms with van der Waals surface area (Å²) in [6.07, 6.45) is 0. The van der Waals surface area contributed by atoms with Crippen LogP contribution in [0.5, 0.6) is 0 Å². The molecule has 2 nitrogen and oxygen atoms in total. The number of benzene rings is 1. The molecule has 1 rings (SSSR count). The Balaban J connectivity index is 2.86. The van der Waals surface area contributed by atoms with Crippen molar-refractivity contribution in [2.45, 2.75) is 0 Å². The molecule has 0 aliphatic carbocycles. The number of rotatable bonds is 2. The molecule has 0 saturated carbocycles. The minimum atomic E-state index is -1.35. The van der Waals surface area contributed by atoms with Crippen molar-refractivity contribution < 1.29 is 4.57 Å². The van der Waals surface area contributed by atoms with Gasteiger partial charge in [-0.25, -0.2) is 0 Å². The maximum atomic E-state index is 11.4. The van der Waals surface area contributed by atoms with Crippen molar-refractivity contribution in [1.82, 2.24) is 4.67 Å². The minimum absolute atomic E-state index is 0.882. The lowest BCUT2D eigenvalue weighted by Gasteiger charge is -1.92. The Kier molecular flexibility index (Phi) is 2.75. The number of hydrogen-bond acceptors (Lipinski definition) is 1. The highest BCUT2D eigenvalue weighted by molar-refractivity contribution is 7.50. The average Bonchev–Trinajstić information content (AvgIpc) is 2.05. The van der Waals surface area contributed by atoms with E-state index >= 15 is 0 Å². The second-order valence-electron chi connectivity index (χ2n) is 2.46. The molecule has 0 fully saturated rings. The molecule has 0 aliphatic rings. The van der Waals surface area contributed by atoms with Crippen LogP contribution in [-0.2, 0) is 4.57 Å². The summed E-state index contributed by atoms with van der Waals surface area (Å²) in [5.74, 6) is 0. The van der Waals surface area contributed by atoms with Gasteiger partial charge in [-0.05, 0) is 16.7 Å². The van der Waals surface area contributed by atoms with Crippen LogP contribution in [-0.4, -0.2) is 18.8 Å². The van der Waals surface area contributed by atoms with E-state index in [1.165, 1.54) is 0 Å². The number of hydrogen-bond donors (Lipinski definition) is 0. The van der Waals surface area contributed by atoms with Crippen LogP contribution < -0.4 is 5.30 Å². The topological polar surface area (TPSA) is 20.3 Å². The molecule has 0 aromatic heterocycles. The standard InChI is InChI=1S/C8H11NOP/c1-9(2)11(10)8-6-4-3-5-7-8/h3-7H,1-2H3/q+1. The number of nitrogens with zero attached hydrogens (tertiary/aromatic N) is 1. The van der Waals surface area contributed by atoms with E-state index in [0.717, 1.165) is 5.30 Å². The molecule has 0 aliphatic heterocycles. The zero-order chi connectivity index (χ0) is 8.27. The van der Waals surface area contributed by atoms with E-state index in [0.29, 0.717) is 0 Å². The summed E-state index contributed by atoms with van der Waals surface area (Å²) < 4.78 is 13.1. The van der Waals surface area contributed by atoms with E-state index in [2.05, 4.69) is 0 Å². The highest BCUT2D eigenvalue weighted by Gasteiger charge is 2.21. The fraction of sp³-hybridized carbons (Fsp3) is 0.250. The largest absolute Gasteiger partial charge is 0.473 e. The van der Waals surface area contributed by atoms with Gasteiger partial charge >= 0.3 is 7.95 Å². The molecule has 0 heterocycles. The van der Waals surface area contributed by atoms with Gasteiger partial charge in [0.05, 0.1) is 0 Å². The summed E-state index contributed by atoms with van der Waals surface area (Å²) in [5, 5.41) is 0.882. The molecular formula is C8H11NOP+. The SMILES string of the molecule is CN(C)[P+](=O)c1ccccc1. The highest BCUT2D eigenvalue weighted by atomic mass is 31.1. The van der Waals surface area contributed by atoms with Gasteiger partial charge in [-0.3, -0.25) is 0 Å². The lowest BCUT2D eigenvalue weighted by Crippen LogP contribution is -2.08. The summed E-state index contributed by atoms with van der Waals surface area (Å²) in [6.45, 7) is 0. The Morgan fingerprint density at radius 3 is 2.18 bits per heavy atom. The molecule has 0 amide bonds. The van der Waals surface area contributed by atoms with Gasteiger partial charge in [0, 0.05) is 14.1 Å². The third kappa shape index (κ3) is 2.11. The fourth-order valence-electron chi connectivity index (χ4n) is 0.786. The minimum Gasteiger partial charge on any atom is -0.0980 e. The van der Waals surface area contributed by atoms with Crippen LogP contribution in [0.15, 0.2) is 30.3 Å². The molecule has 0 spiro atoms. The maximum Gasteiger partial charge on any atom is 0.473 e. The van der Waals surface area contributed by atoms with Gasteiger partial charge in [0.15, 0.2) is 0 Å². The molecule has 1 aromatic rings. The molecule has 1 atom stereocenters. The Morgan fingerprint density at radius 2 is 1.73 bits per heavy atom. The predicted molar refractivity (Wildman–Crippen MR) is 47.4 cm³/mol. The van der Waals surface area contributed by atoms with Crippen molar-refractivity contribution in [2.24, 2.45) is 0 Å². The van der Waals surface area contributed by atoms with Gasteiger partial charge in [-0.1, -0.05) is 22.9 Å². The zero-order valence-electron chi connectivity index (χ0n) is 6.69. The highest BCUT2D eigenvalue weighted by Crippen LogP contribution is 2.20. The Hall–Kier alpha value is -0.720. The van der Waals surface area contributed by atoms with E-state index in [9.17, 15) is 4.57 Å². The van der Waals surface area contributed by atoms with Crippen LogP contribution in [0.25, 0.3) is 0 Å². The molecule has 1 unspecified atom stereocenters. The summed E-state index contributed by atoms with van der Waals surface area (Å²) in [6, 6.07) is 9.46. The summed E-state index contributed by atoms with van der Waals surface area (Å²) in [7, 11) is 2.27. The van der Waals surface area contributed by atoms with Crippen molar-refractivity contribution >= 4 is 13.3 Å². The van der Waals surface area contributed by atoms with Crippen molar-refractivity contribution in [2.75, 3.05) is 14.1 Å². The Morgan fingerprint density at radius 1 is 1.18 bits per heavy atom. The van der Waals surface area contributed by atoms with E-state index in [1.54, 1.807) is 4.67 Å². The van der Waals surface area contributed by atoms with Crippen LogP contribution >= 0.6 is 7.95 Å². The second kappa shape index (κ2) is 3.61. The first-order valence-electron chi connectivity index (χ1n) is 3.41. The summed E-state index contributed by atoms with van der Waals surface area (Å²) in [4.78, 5) is 0. The molecule has 58 valence electrons. The zero-order valence-corrected chi connectivity index (χ0v) is 7.58. The summed E-state index contributed by atoms with van der Waals surface area (Å²) in [5.41, 5.74) is 0. The van der Waals surface area contributed by atoms with Crippen molar-refractivity contribution in [3.63, 3.8) is 0 Å². The first-order valence-corrected chi connectivity index (χ1v) is 4.62. The molecule has 3 heteroatoms. The molecular weight excluding hydrogens is 157 g/mol. The van der Waals surface area contributed by atoms with E-state index in [-0.39, 0.29) is 0 Å². The van der Waals surface area contributed by atoms with Gasteiger partial charge in [0.25, 0.3) is 0 Å². The molecule has 11 heavy (non-hydrogen) atoms. The molecule has 1 aromatic carbocycles. The molecule has 0 bridgehead atoms. The summed E-state index contributed by atoms with van der Waals surface area (Å²) >= 11 is 0. The molecule has 0 saturated heterocycles. The van der Waals surface area contributed by atoms with Crippen molar-refractivity contribution in [3.05, 3.63) is 30.3 Å². The Bertz CT molecular complexity index is 246. The maximum absolute atomic E-state index is 11.4. The fourth-order valence-corrected chi connectivity index (χ4v) is 1.68. The van der Waals surface area contributed by atoms with Crippen LogP contribution in [0, 0.1) is 0 Å². The van der Waals surface area contributed by atoms with E-state index in [1.807, 2.05) is 44.4 Å². The van der Waals surface area contributed by atoms with Crippen LogP contribution in [0.2, 0.25) is 0 Å². The third-order valence-electron chi connectivity index (χ3n) is 1.34. The lowest BCUT2D eigenvalue weighted by molar-refractivity contribution is 0.543. The van der Waals surface area contributed by atoms with Crippen molar-refractivity contribution in [3.8, 4) is 0 Å². The smallest absolute Gasteiger partial charge is 0.0980 e. The van der Waals surface area contributed by atoms with E-state index < -0.39 is 7.95 Å². The van der Waals surface area contributed by atoms with Gasteiger partial charge in [0.2, 0.25) is 5.30 Å². The molecule has 0 radical (unpaired) electrons. The average molecular weight is 168 g/mol. The molecule has 0 N–H and O–H groups in total. The predicted octanol–water partition coefficient (Wildman–Crippen LogP) is 1.62. The van der Waals surface area contributed by atoms with Gasteiger partial charge in [-0.2, -0.15) is 0 Å². The first-order chi connectivity index (χ1) is 5.22. The van der Waals surface area contributed by atoms with Crippen LogP contribution in [0.3, 0.4) is 0 Å². The van der Waals surface area contributed by atoms with E-state index in [4.69, 9.17) is 0 Å². The van der Waals surface area contributed by atoms with Crippen LogP contribution in [0.1, 0.15) is 0 Å². The lowest BCUT2D eigenvalue weighted by atomic mass is 10.4. The second-order valence-corrected chi connectivity index (χ2v) is 4.32. The normalized spacial score (nSPS) is 11.7.